The molecule has 0 spiro atoms. The van der Waals surface area contributed by atoms with E-state index in [1.165, 1.54) is 12.1 Å². The average molecular weight is 248 g/mol. The summed E-state index contributed by atoms with van der Waals surface area (Å²) in [5.74, 6) is -2.44. The zero-order valence-electron chi connectivity index (χ0n) is 9.28. The molecule has 3 N–H and O–H groups in total. The number of benzene rings is 2. The number of carbonyl (C=O) groups excluding carboxylic acids is 1. The van der Waals surface area contributed by atoms with E-state index in [-0.39, 0.29) is 5.69 Å². The molecule has 2 aromatic rings. The van der Waals surface area contributed by atoms with E-state index in [1.54, 1.807) is 18.2 Å². The SMILES string of the molecule is Nc1ccc(F)c(NC(=O)c2ccccc2)c1F. The molecule has 0 aliphatic rings. The summed E-state index contributed by atoms with van der Waals surface area (Å²) < 4.78 is 27.0. The minimum Gasteiger partial charge on any atom is -0.396 e. The van der Waals surface area contributed by atoms with Crippen LogP contribution in [0.3, 0.4) is 0 Å². The van der Waals surface area contributed by atoms with Crippen molar-refractivity contribution in [3.63, 3.8) is 0 Å². The van der Waals surface area contributed by atoms with E-state index >= 15 is 0 Å². The molecular weight excluding hydrogens is 238 g/mol. The van der Waals surface area contributed by atoms with Gasteiger partial charge in [-0.3, -0.25) is 4.79 Å². The Morgan fingerprint density at radius 2 is 1.72 bits per heavy atom. The molecule has 0 atom stereocenters. The number of nitrogens with two attached hydrogens (primary N) is 1. The van der Waals surface area contributed by atoms with Crippen LogP contribution in [0.4, 0.5) is 20.2 Å². The molecule has 0 aliphatic carbocycles. The third-order valence-corrected chi connectivity index (χ3v) is 2.40. The summed E-state index contributed by atoms with van der Waals surface area (Å²) in [6.45, 7) is 0. The summed E-state index contributed by atoms with van der Waals surface area (Å²) in [5.41, 5.74) is 4.85. The minimum atomic E-state index is -0.973. The number of amides is 1. The molecule has 0 unspecified atom stereocenters. The monoisotopic (exact) mass is 248 g/mol. The predicted molar refractivity (Wildman–Crippen MR) is 65.2 cm³/mol. The summed E-state index contributed by atoms with van der Waals surface area (Å²) in [6.07, 6.45) is 0. The van der Waals surface area contributed by atoms with Gasteiger partial charge < -0.3 is 11.1 Å². The molecule has 2 rings (SSSR count). The minimum absolute atomic E-state index is 0.222. The number of hydrogen-bond donors (Lipinski definition) is 2. The third-order valence-electron chi connectivity index (χ3n) is 2.40. The topological polar surface area (TPSA) is 55.1 Å². The zero-order valence-corrected chi connectivity index (χ0v) is 9.28. The molecule has 0 radical (unpaired) electrons. The normalized spacial score (nSPS) is 10.1. The fourth-order valence-electron chi connectivity index (χ4n) is 1.46. The Balaban J connectivity index is 2.30. The molecule has 5 heteroatoms. The molecule has 0 bridgehead atoms. The molecule has 2 aromatic carbocycles. The first-order valence-electron chi connectivity index (χ1n) is 5.19. The Morgan fingerprint density at radius 1 is 1.06 bits per heavy atom. The van der Waals surface area contributed by atoms with Crippen molar-refractivity contribution < 1.29 is 13.6 Å². The van der Waals surface area contributed by atoms with Gasteiger partial charge in [-0.15, -0.1) is 0 Å². The van der Waals surface area contributed by atoms with Crippen molar-refractivity contribution in [1.82, 2.24) is 0 Å². The first-order valence-corrected chi connectivity index (χ1v) is 5.19. The highest BCUT2D eigenvalue weighted by Gasteiger charge is 2.15. The molecule has 1 amide bonds. The Bertz CT molecular complexity index is 585. The highest BCUT2D eigenvalue weighted by Crippen LogP contribution is 2.24. The van der Waals surface area contributed by atoms with Crippen LogP contribution in [0.1, 0.15) is 10.4 Å². The highest BCUT2D eigenvalue weighted by atomic mass is 19.1. The van der Waals surface area contributed by atoms with Crippen molar-refractivity contribution >= 4 is 17.3 Å². The first-order chi connectivity index (χ1) is 8.59. The fraction of sp³-hybridized carbons (Fsp3) is 0. The van der Waals surface area contributed by atoms with E-state index < -0.39 is 23.2 Å². The van der Waals surface area contributed by atoms with E-state index in [1.807, 2.05) is 0 Å². The van der Waals surface area contributed by atoms with Gasteiger partial charge in [-0.05, 0) is 24.3 Å². The second-order valence-corrected chi connectivity index (χ2v) is 3.65. The van der Waals surface area contributed by atoms with Crippen LogP contribution in [0, 0.1) is 11.6 Å². The molecule has 18 heavy (non-hydrogen) atoms. The fourth-order valence-corrected chi connectivity index (χ4v) is 1.46. The highest BCUT2D eigenvalue weighted by molar-refractivity contribution is 6.04. The van der Waals surface area contributed by atoms with Crippen LogP contribution in [-0.2, 0) is 0 Å². The standard InChI is InChI=1S/C13H10F2N2O/c14-9-6-7-10(16)11(15)12(9)17-13(18)8-4-2-1-3-5-8/h1-7H,16H2,(H,17,18). The quantitative estimate of drug-likeness (QED) is 0.803. The molecular formula is C13H10F2N2O. The molecule has 0 saturated heterocycles. The lowest BCUT2D eigenvalue weighted by Crippen LogP contribution is -2.14. The summed E-state index contributed by atoms with van der Waals surface area (Å²) in [6, 6.07) is 10.2. The molecule has 0 saturated carbocycles. The second-order valence-electron chi connectivity index (χ2n) is 3.65. The summed E-state index contributed by atoms with van der Waals surface area (Å²) >= 11 is 0. The van der Waals surface area contributed by atoms with Gasteiger partial charge in [0.1, 0.15) is 11.5 Å². The average Bonchev–Trinajstić information content (AvgIpc) is 2.40. The number of halogens is 2. The van der Waals surface area contributed by atoms with Crippen LogP contribution in [0.2, 0.25) is 0 Å². The molecule has 0 heterocycles. The van der Waals surface area contributed by atoms with Gasteiger partial charge >= 0.3 is 0 Å². The molecule has 0 fully saturated rings. The maximum atomic E-state index is 13.6. The number of anilines is 2. The van der Waals surface area contributed by atoms with Gasteiger partial charge in [-0.2, -0.15) is 0 Å². The number of carbonyl (C=O) groups is 1. The third kappa shape index (κ3) is 2.29. The van der Waals surface area contributed by atoms with Gasteiger partial charge in [-0.25, -0.2) is 8.78 Å². The van der Waals surface area contributed by atoms with Crippen molar-refractivity contribution in [2.24, 2.45) is 0 Å². The van der Waals surface area contributed by atoms with E-state index in [0.717, 1.165) is 12.1 Å². The summed E-state index contributed by atoms with van der Waals surface area (Å²) in [5, 5.41) is 2.17. The van der Waals surface area contributed by atoms with Crippen LogP contribution in [-0.4, -0.2) is 5.91 Å². The Morgan fingerprint density at radius 3 is 2.39 bits per heavy atom. The molecule has 0 aliphatic heterocycles. The van der Waals surface area contributed by atoms with Crippen LogP contribution < -0.4 is 11.1 Å². The summed E-state index contributed by atoms with van der Waals surface area (Å²) in [4.78, 5) is 11.7. The van der Waals surface area contributed by atoms with E-state index in [0.29, 0.717) is 5.56 Å². The van der Waals surface area contributed by atoms with E-state index in [2.05, 4.69) is 5.32 Å². The Kier molecular flexibility index (Phi) is 3.23. The molecule has 92 valence electrons. The van der Waals surface area contributed by atoms with Gasteiger partial charge in [0, 0.05) is 5.56 Å². The largest absolute Gasteiger partial charge is 0.396 e. The Labute approximate surface area is 102 Å². The van der Waals surface area contributed by atoms with E-state index in [9.17, 15) is 13.6 Å². The van der Waals surface area contributed by atoms with Gasteiger partial charge in [0.2, 0.25) is 0 Å². The van der Waals surface area contributed by atoms with Crippen LogP contribution in [0.25, 0.3) is 0 Å². The van der Waals surface area contributed by atoms with Crippen LogP contribution >= 0.6 is 0 Å². The number of hydrogen-bond acceptors (Lipinski definition) is 2. The lowest BCUT2D eigenvalue weighted by Gasteiger charge is -2.09. The van der Waals surface area contributed by atoms with Crippen molar-refractivity contribution in [1.29, 1.82) is 0 Å². The van der Waals surface area contributed by atoms with Crippen molar-refractivity contribution in [3.05, 3.63) is 59.7 Å². The zero-order chi connectivity index (χ0) is 13.1. The smallest absolute Gasteiger partial charge is 0.255 e. The molecule has 3 nitrogen and oxygen atoms in total. The van der Waals surface area contributed by atoms with Gasteiger partial charge in [0.15, 0.2) is 5.82 Å². The van der Waals surface area contributed by atoms with Crippen molar-refractivity contribution in [2.75, 3.05) is 11.1 Å². The lowest BCUT2D eigenvalue weighted by atomic mass is 10.2. The van der Waals surface area contributed by atoms with Crippen molar-refractivity contribution in [2.45, 2.75) is 0 Å². The van der Waals surface area contributed by atoms with Crippen molar-refractivity contribution in [3.8, 4) is 0 Å². The van der Waals surface area contributed by atoms with E-state index in [4.69, 9.17) is 5.73 Å². The van der Waals surface area contributed by atoms with Crippen LogP contribution in [0.15, 0.2) is 42.5 Å². The summed E-state index contributed by atoms with van der Waals surface area (Å²) in [7, 11) is 0. The van der Waals surface area contributed by atoms with Gasteiger partial charge in [-0.1, -0.05) is 18.2 Å². The predicted octanol–water partition coefficient (Wildman–Crippen LogP) is 2.80. The van der Waals surface area contributed by atoms with Crippen LogP contribution in [0.5, 0.6) is 0 Å². The lowest BCUT2D eigenvalue weighted by molar-refractivity contribution is 0.102. The maximum Gasteiger partial charge on any atom is 0.255 e. The molecule has 0 aromatic heterocycles. The van der Waals surface area contributed by atoms with Gasteiger partial charge in [0.05, 0.1) is 5.69 Å². The first kappa shape index (κ1) is 12.0. The maximum absolute atomic E-state index is 13.6. The number of nitrogen functional groups attached to an aromatic ring is 1. The number of rotatable bonds is 2. The van der Waals surface area contributed by atoms with Gasteiger partial charge in [0.25, 0.3) is 5.91 Å². The second kappa shape index (κ2) is 4.83. The Hall–Kier alpha value is -2.43. The number of nitrogens with one attached hydrogen (secondary N) is 1.